The molecular weight excluding hydrogens is 500 g/mol. The van der Waals surface area contributed by atoms with Crippen molar-refractivity contribution in [1.29, 1.82) is 0 Å². The normalized spacial score (nSPS) is 13.7. The van der Waals surface area contributed by atoms with Crippen LogP contribution in [-0.4, -0.2) is 17.6 Å². The molecule has 1 aliphatic carbocycles. The Balaban J connectivity index is 1.78. The van der Waals surface area contributed by atoms with E-state index in [-0.39, 0.29) is 29.2 Å². The molecule has 4 rings (SSSR count). The van der Waals surface area contributed by atoms with Crippen LogP contribution in [0.15, 0.2) is 48.7 Å². The minimum atomic E-state index is -4.68. The highest BCUT2D eigenvalue weighted by Crippen LogP contribution is 2.44. The number of carbonyl (C=O) groups is 1. The summed E-state index contributed by atoms with van der Waals surface area (Å²) in [6.45, 7) is 1.22. The number of benzene rings is 2. The Morgan fingerprint density at radius 3 is 2.43 bits per heavy atom. The number of hydrogen-bond donors (Lipinski definition) is 0. The number of ether oxygens (including phenoxy) is 2. The van der Waals surface area contributed by atoms with E-state index in [0.717, 1.165) is 18.2 Å². The van der Waals surface area contributed by atoms with Crippen LogP contribution in [0.1, 0.15) is 58.8 Å². The van der Waals surface area contributed by atoms with Gasteiger partial charge in [-0.25, -0.2) is 22.9 Å². The van der Waals surface area contributed by atoms with Crippen molar-refractivity contribution < 1.29 is 40.6 Å². The Kier molecular flexibility index (Phi) is 7.56. The van der Waals surface area contributed by atoms with E-state index in [4.69, 9.17) is 9.47 Å². The van der Waals surface area contributed by atoms with Crippen LogP contribution in [0.2, 0.25) is 0 Å². The largest absolute Gasteiger partial charge is 0.472 e. The van der Waals surface area contributed by atoms with Crippen LogP contribution in [0.25, 0.3) is 11.1 Å². The summed E-state index contributed by atoms with van der Waals surface area (Å²) < 4.78 is 92.7. The Hall–Kier alpha value is -3.82. The van der Waals surface area contributed by atoms with E-state index in [9.17, 15) is 31.1 Å². The van der Waals surface area contributed by atoms with Gasteiger partial charge in [0.2, 0.25) is 5.88 Å². The number of carbonyl (C=O) groups excluding carboxylic acids is 1. The number of rotatable bonds is 7. The first-order valence-corrected chi connectivity index (χ1v) is 11.4. The van der Waals surface area contributed by atoms with Crippen LogP contribution in [0.5, 0.6) is 5.88 Å². The second-order valence-corrected chi connectivity index (χ2v) is 8.32. The summed E-state index contributed by atoms with van der Waals surface area (Å²) in [7, 11) is 0. The molecule has 0 N–H and O–H groups in total. The quantitative estimate of drug-likeness (QED) is 0.241. The molecule has 0 aliphatic heterocycles. The number of esters is 1. The number of pyridine rings is 1. The van der Waals surface area contributed by atoms with Crippen LogP contribution >= 0.6 is 0 Å². The van der Waals surface area contributed by atoms with E-state index in [0.29, 0.717) is 48.2 Å². The van der Waals surface area contributed by atoms with Gasteiger partial charge >= 0.3 is 12.1 Å². The summed E-state index contributed by atoms with van der Waals surface area (Å²) in [5.74, 6) is -3.45. The van der Waals surface area contributed by atoms with Crippen LogP contribution in [-0.2, 0) is 17.5 Å². The van der Waals surface area contributed by atoms with Crippen molar-refractivity contribution in [1.82, 2.24) is 4.98 Å². The van der Waals surface area contributed by atoms with Gasteiger partial charge in [0.25, 0.3) is 0 Å². The molecule has 1 aliphatic rings. The fourth-order valence-corrected chi connectivity index (χ4v) is 4.16. The number of hydrogen-bond acceptors (Lipinski definition) is 4. The molecule has 10 heteroatoms. The van der Waals surface area contributed by atoms with Gasteiger partial charge in [-0.3, -0.25) is 0 Å². The molecule has 0 atom stereocenters. The van der Waals surface area contributed by atoms with Crippen LogP contribution in [0.3, 0.4) is 0 Å². The Morgan fingerprint density at radius 1 is 0.973 bits per heavy atom. The molecule has 2 aromatic carbocycles. The first-order chi connectivity index (χ1) is 17.6. The molecule has 0 saturated heterocycles. The Bertz CT molecular complexity index is 1370. The number of nitrogens with zero attached hydrogens (tertiary/aromatic N) is 1. The molecule has 194 valence electrons. The average molecular weight is 521 g/mol. The fourth-order valence-electron chi connectivity index (χ4n) is 4.16. The van der Waals surface area contributed by atoms with E-state index in [2.05, 4.69) is 4.98 Å². The summed E-state index contributed by atoms with van der Waals surface area (Å²) in [6, 6.07) is 7.63. The highest BCUT2D eigenvalue weighted by atomic mass is 19.4. The van der Waals surface area contributed by atoms with E-state index in [1.165, 1.54) is 18.2 Å². The lowest BCUT2D eigenvalue weighted by molar-refractivity contribution is -0.137. The molecule has 1 aromatic heterocycles. The number of allylic oxidation sites excluding steroid dienone is 2. The van der Waals surface area contributed by atoms with E-state index >= 15 is 0 Å². The smallest absolute Gasteiger partial charge is 0.417 e. The molecular formula is C27H21F6NO3. The number of halogens is 6. The molecule has 3 aromatic rings. The van der Waals surface area contributed by atoms with Crippen LogP contribution < -0.4 is 4.74 Å². The maximum absolute atomic E-state index is 14.3. The second kappa shape index (κ2) is 10.7. The first kappa shape index (κ1) is 26.2. The second-order valence-electron chi connectivity index (χ2n) is 8.32. The van der Waals surface area contributed by atoms with E-state index in [1.807, 2.05) is 0 Å². The lowest BCUT2D eigenvalue weighted by atomic mass is 9.95. The zero-order valence-electron chi connectivity index (χ0n) is 19.6. The molecule has 0 fully saturated rings. The van der Waals surface area contributed by atoms with Crippen LogP contribution in [0.4, 0.5) is 26.3 Å². The van der Waals surface area contributed by atoms with Gasteiger partial charge in [-0.15, -0.1) is 0 Å². The van der Waals surface area contributed by atoms with Gasteiger partial charge in [0.15, 0.2) is 0 Å². The van der Waals surface area contributed by atoms with Crippen molar-refractivity contribution >= 4 is 17.1 Å². The fraction of sp³-hybridized carbons (Fsp3) is 0.259. The third-order valence-corrected chi connectivity index (χ3v) is 5.91. The van der Waals surface area contributed by atoms with Gasteiger partial charge in [0.05, 0.1) is 17.7 Å². The van der Waals surface area contributed by atoms with Crippen molar-refractivity contribution in [3.05, 3.63) is 93.9 Å². The zero-order chi connectivity index (χ0) is 26.7. The van der Waals surface area contributed by atoms with E-state index in [1.54, 1.807) is 6.92 Å². The number of aromatic nitrogens is 1. The molecule has 4 nitrogen and oxygen atoms in total. The van der Waals surface area contributed by atoms with Crippen molar-refractivity contribution in [2.24, 2.45) is 0 Å². The summed E-state index contributed by atoms with van der Waals surface area (Å²) in [4.78, 5) is 16.0. The van der Waals surface area contributed by atoms with Crippen molar-refractivity contribution in [3.63, 3.8) is 0 Å². The maximum atomic E-state index is 14.3. The minimum absolute atomic E-state index is 0.00714. The van der Waals surface area contributed by atoms with Gasteiger partial charge in [-0.05, 0) is 73.2 Å². The lowest BCUT2D eigenvalue weighted by Gasteiger charge is -2.16. The van der Waals surface area contributed by atoms with Gasteiger partial charge in [-0.2, -0.15) is 13.2 Å². The van der Waals surface area contributed by atoms with E-state index < -0.39 is 41.8 Å². The summed E-state index contributed by atoms with van der Waals surface area (Å²) in [5.41, 5.74) is 0.277. The maximum Gasteiger partial charge on any atom is 0.417 e. The van der Waals surface area contributed by atoms with Crippen molar-refractivity contribution in [2.45, 2.75) is 39.0 Å². The lowest BCUT2D eigenvalue weighted by Crippen LogP contribution is -2.09. The predicted molar refractivity (Wildman–Crippen MR) is 123 cm³/mol. The van der Waals surface area contributed by atoms with Gasteiger partial charge < -0.3 is 9.47 Å². The minimum Gasteiger partial charge on any atom is -0.472 e. The molecule has 0 amide bonds. The molecule has 0 saturated carbocycles. The Labute approximate surface area is 208 Å². The van der Waals surface area contributed by atoms with Gasteiger partial charge in [0.1, 0.15) is 24.1 Å². The van der Waals surface area contributed by atoms with Gasteiger partial charge in [0, 0.05) is 23.4 Å². The van der Waals surface area contributed by atoms with Gasteiger partial charge in [-0.1, -0.05) is 6.07 Å². The summed E-state index contributed by atoms with van der Waals surface area (Å²) in [5, 5.41) is 0. The highest BCUT2D eigenvalue weighted by Gasteiger charge is 2.33. The zero-order valence-corrected chi connectivity index (χ0v) is 19.6. The molecule has 1 heterocycles. The topological polar surface area (TPSA) is 48.4 Å². The third-order valence-electron chi connectivity index (χ3n) is 5.91. The van der Waals surface area contributed by atoms with Crippen molar-refractivity contribution in [3.8, 4) is 5.88 Å². The standard InChI is InChI=1S/C27H21F6NO3/c1-2-36-26(35)22-10-15(7-9-23(22)29)19-4-3-5-20(19)21-11-17(27(31,32)33)13-34-25(21)37-14-16-6-8-18(28)12-24(16)30/h6-13H,2-5,14H2,1H3. The third kappa shape index (κ3) is 5.79. The molecule has 0 bridgehead atoms. The highest BCUT2D eigenvalue weighted by molar-refractivity contribution is 5.96. The SMILES string of the molecule is CCOC(=O)c1cc(C2=C(c3cc(C(F)(F)F)cnc3OCc3ccc(F)cc3F)CCC2)ccc1F. The number of alkyl halides is 3. The summed E-state index contributed by atoms with van der Waals surface area (Å²) in [6.07, 6.45) is -2.67. The Morgan fingerprint density at radius 2 is 1.73 bits per heavy atom. The summed E-state index contributed by atoms with van der Waals surface area (Å²) >= 11 is 0. The molecule has 0 radical (unpaired) electrons. The monoisotopic (exact) mass is 521 g/mol. The molecule has 0 spiro atoms. The first-order valence-electron chi connectivity index (χ1n) is 11.4. The average Bonchev–Trinajstić information content (AvgIpc) is 3.33. The molecule has 37 heavy (non-hydrogen) atoms. The predicted octanol–water partition coefficient (Wildman–Crippen LogP) is 7.37. The molecule has 0 unspecified atom stereocenters. The van der Waals surface area contributed by atoms with Crippen molar-refractivity contribution in [2.75, 3.05) is 6.61 Å². The van der Waals surface area contributed by atoms with Crippen LogP contribution in [0, 0.1) is 17.5 Å².